The molecule has 1 aliphatic carbocycles. The molecule has 0 bridgehead atoms. The Morgan fingerprint density at radius 2 is 2.31 bits per heavy atom. The van der Waals surface area contributed by atoms with Crippen molar-refractivity contribution < 1.29 is 4.74 Å². The molecule has 0 spiro atoms. The predicted molar refractivity (Wildman–Crippen MR) is 66.3 cm³/mol. The van der Waals surface area contributed by atoms with Gasteiger partial charge in [-0.3, -0.25) is 0 Å². The molecule has 1 aromatic heterocycles. The van der Waals surface area contributed by atoms with Gasteiger partial charge in [0, 0.05) is 18.4 Å². The van der Waals surface area contributed by atoms with Crippen LogP contribution in [0.2, 0.25) is 0 Å². The maximum atomic E-state index is 5.58. The number of hydrogen-bond donors (Lipinski definition) is 1. The number of nitrogens with one attached hydrogen (secondary N) is 1. The summed E-state index contributed by atoms with van der Waals surface area (Å²) in [4.78, 5) is 0. The van der Waals surface area contributed by atoms with E-state index in [1.807, 2.05) is 0 Å². The molecular formula is C10H15N3OS2. The van der Waals surface area contributed by atoms with Gasteiger partial charge in [-0.1, -0.05) is 23.1 Å². The van der Waals surface area contributed by atoms with E-state index in [1.165, 1.54) is 25.7 Å². The SMILES string of the molecule is C1COC(CSc2nnc(NC3CC3)s2)C1. The van der Waals surface area contributed by atoms with Crippen LogP contribution in [-0.2, 0) is 4.74 Å². The summed E-state index contributed by atoms with van der Waals surface area (Å²) in [5.74, 6) is 1.01. The number of aromatic nitrogens is 2. The Bertz CT molecular complexity index is 348. The Kier molecular flexibility index (Phi) is 3.30. The zero-order valence-corrected chi connectivity index (χ0v) is 10.6. The number of anilines is 1. The van der Waals surface area contributed by atoms with Gasteiger partial charge in [-0.15, -0.1) is 10.2 Å². The van der Waals surface area contributed by atoms with Gasteiger partial charge in [0.05, 0.1) is 6.10 Å². The van der Waals surface area contributed by atoms with E-state index in [0.717, 1.165) is 21.8 Å². The van der Waals surface area contributed by atoms with Crippen LogP contribution in [0.25, 0.3) is 0 Å². The molecule has 1 atom stereocenters. The van der Waals surface area contributed by atoms with Crippen LogP contribution in [0.5, 0.6) is 0 Å². The van der Waals surface area contributed by atoms with Crippen molar-refractivity contribution in [1.29, 1.82) is 0 Å². The predicted octanol–water partition coefficient (Wildman–Crippen LogP) is 2.38. The number of ether oxygens (including phenoxy) is 1. The average Bonchev–Trinajstić information content (AvgIpc) is 2.81. The lowest BCUT2D eigenvalue weighted by Crippen LogP contribution is -2.07. The molecule has 1 saturated heterocycles. The van der Waals surface area contributed by atoms with Gasteiger partial charge in [0.2, 0.25) is 5.13 Å². The summed E-state index contributed by atoms with van der Waals surface area (Å²) < 4.78 is 6.63. The summed E-state index contributed by atoms with van der Waals surface area (Å²) in [5, 5.41) is 12.6. The molecule has 2 fully saturated rings. The molecule has 1 N–H and O–H groups in total. The van der Waals surface area contributed by atoms with Crippen LogP contribution < -0.4 is 5.32 Å². The van der Waals surface area contributed by atoms with Gasteiger partial charge >= 0.3 is 0 Å². The van der Waals surface area contributed by atoms with E-state index in [0.29, 0.717) is 12.1 Å². The standard InChI is InChI=1S/C10H15N3OS2/c1-2-8(14-5-1)6-15-10-13-12-9(16-10)11-7-3-4-7/h7-8H,1-6H2,(H,11,12). The number of rotatable bonds is 5. The van der Waals surface area contributed by atoms with Gasteiger partial charge in [0.1, 0.15) is 0 Å². The fourth-order valence-corrected chi connectivity index (χ4v) is 3.59. The maximum absolute atomic E-state index is 5.58. The second-order valence-corrected chi connectivity index (χ2v) is 6.48. The van der Waals surface area contributed by atoms with Crippen LogP contribution in [0.1, 0.15) is 25.7 Å². The minimum Gasteiger partial charge on any atom is -0.377 e. The highest BCUT2D eigenvalue weighted by molar-refractivity contribution is 8.01. The van der Waals surface area contributed by atoms with Gasteiger partial charge in [0.25, 0.3) is 0 Å². The fraction of sp³-hybridized carbons (Fsp3) is 0.800. The van der Waals surface area contributed by atoms with Crippen molar-refractivity contribution in [2.24, 2.45) is 0 Å². The summed E-state index contributed by atoms with van der Waals surface area (Å²) in [6.45, 7) is 0.926. The van der Waals surface area contributed by atoms with Crippen LogP contribution in [0.15, 0.2) is 4.34 Å². The summed E-state index contributed by atoms with van der Waals surface area (Å²) in [6, 6.07) is 0.656. The number of nitrogens with zero attached hydrogens (tertiary/aromatic N) is 2. The first-order chi connectivity index (χ1) is 7.90. The van der Waals surface area contributed by atoms with E-state index >= 15 is 0 Å². The Morgan fingerprint density at radius 3 is 3.06 bits per heavy atom. The molecular weight excluding hydrogens is 242 g/mol. The Balaban J connectivity index is 1.47. The number of hydrogen-bond acceptors (Lipinski definition) is 6. The third kappa shape index (κ3) is 2.87. The molecule has 1 aromatic rings. The molecule has 0 amide bonds. The lowest BCUT2D eigenvalue weighted by Gasteiger charge is -2.05. The topological polar surface area (TPSA) is 47.0 Å². The molecule has 1 unspecified atom stereocenters. The normalized spacial score (nSPS) is 24.9. The minimum atomic E-state index is 0.425. The first-order valence-corrected chi connectivity index (χ1v) is 7.55. The van der Waals surface area contributed by atoms with E-state index < -0.39 is 0 Å². The second kappa shape index (κ2) is 4.89. The van der Waals surface area contributed by atoms with Gasteiger partial charge in [-0.25, -0.2) is 0 Å². The third-order valence-electron chi connectivity index (χ3n) is 2.73. The lowest BCUT2D eigenvalue weighted by atomic mass is 10.3. The van der Waals surface area contributed by atoms with Gasteiger partial charge in [-0.2, -0.15) is 0 Å². The van der Waals surface area contributed by atoms with Crippen molar-refractivity contribution in [2.75, 3.05) is 17.7 Å². The molecule has 2 aliphatic rings. The van der Waals surface area contributed by atoms with Crippen molar-refractivity contribution >= 4 is 28.2 Å². The molecule has 1 aliphatic heterocycles. The van der Waals surface area contributed by atoms with E-state index in [4.69, 9.17) is 4.74 Å². The number of thioether (sulfide) groups is 1. The van der Waals surface area contributed by atoms with E-state index in [2.05, 4.69) is 15.5 Å². The first-order valence-electron chi connectivity index (χ1n) is 5.74. The molecule has 0 aromatic carbocycles. The van der Waals surface area contributed by atoms with Crippen LogP contribution in [0.4, 0.5) is 5.13 Å². The third-order valence-corrected chi connectivity index (χ3v) is 4.85. The smallest absolute Gasteiger partial charge is 0.206 e. The van der Waals surface area contributed by atoms with Crippen LogP contribution >= 0.6 is 23.1 Å². The molecule has 2 heterocycles. The average molecular weight is 257 g/mol. The first kappa shape index (κ1) is 10.8. The largest absolute Gasteiger partial charge is 0.377 e. The summed E-state index contributed by atoms with van der Waals surface area (Å²) in [5.41, 5.74) is 0. The van der Waals surface area contributed by atoms with Crippen LogP contribution in [0.3, 0.4) is 0 Å². The molecule has 1 saturated carbocycles. The van der Waals surface area contributed by atoms with E-state index in [-0.39, 0.29) is 0 Å². The van der Waals surface area contributed by atoms with E-state index in [9.17, 15) is 0 Å². The second-order valence-electron chi connectivity index (χ2n) is 4.24. The van der Waals surface area contributed by atoms with E-state index in [1.54, 1.807) is 23.1 Å². The Hall–Kier alpha value is -0.330. The zero-order chi connectivity index (χ0) is 10.8. The van der Waals surface area contributed by atoms with Gasteiger partial charge < -0.3 is 10.1 Å². The van der Waals surface area contributed by atoms with Crippen LogP contribution in [0, 0.1) is 0 Å². The molecule has 88 valence electrons. The molecule has 3 rings (SSSR count). The zero-order valence-electron chi connectivity index (χ0n) is 9.02. The Morgan fingerprint density at radius 1 is 1.38 bits per heavy atom. The molecule has 4 nitrogen and oxygen atoms in total. The highest BCUT2D eigenvalue weighted by atomic mass is 32.2. The quantitative estimate of drug-likeness (QED) is 0.821. The highest BCUT2D eigenvalue weighted by Crippen LogP contribution is 2.31. The molecule has 6 heteroatoms. The highest BCUT2D eigenvalue weighted by Gasteiger charge is 2.22. The summed E-state index contributed by atoms with van der Waals surface area (Å²) >= 11 is 3.42. The summed E-state index contributed by atoms with van der Waals surface area (Å²) in [6.07, 6.45) is 5.37. The monoisotopic (exact) mass is 257 g/mol. The van der Waals surface area contributed by atoms with Gasteiger partial charge in [-0.05, 0) is 25.7 Å². The Labute approximate surface area is 103 Å². The van der Waals surface area contributed by atoms with Crippen LogP contribution in [-0.4, -0.2) is 34.7 Å². The molecule has 16 heavy (non-hydrogen) atoms. The van der Waals surface area contributed by atoms with Crippen molar-refractivity contribution in [1.82, 2.24) is 10.2 Å². The van der Waals surface area contributed by atoms with Crippen molar-refractivity contribution in [2.45, 2.75) is 42.2 Å². The lowest BCUT2D eigenvalue weighted by molar-refractivity contribution is 0.129. The van der Waals surface area contributed by atoms with Crippen molar-refractivity contribution in [3.63, 3.8) is 0 Å². The maximum Gasteiger partial charge on any atom is 0.206 e. The molecule has 0 radical (unpaired) electrons. The van der Waals surface area contributed by atoms with Crippen molar-refractivity contribution in [3.8, 4) is 0 Å². The summed E-state index contributed by atoms with van der Waals surface area (Å²) in [7, 11) is 0. The minimum absolute atomic E-state index is 0.425. The van der Waals surface area contributed by atoms with Gasteiger partial charge in [0.15, 0.2) is 4.34 Å². The fourth-order valence-electron chi connectivity index (χ4n) is 1.67. The van der Waals surface area contributed by atoms with Crippen molar-refractivity contribution in [3.05, 3.63) is 0 Å².